The van der Waals surface area contributed by atoms with Gasteiger partial charge in [-0.05, 0) is 61.8 Å². The Kier molecular flexibility index (Phi) is 5.64. The van der Waals surface area contributed by atoms with E-state index < -0.39 is 0 Å². The number of aryl methyl sites for hydroxylation is 1. The van der Waals surface area contributed by atoms with E-state index in [1.54, 1.807) is 6.26 Å². The Labute approximate surface area is 161 Å². The average molecular weight is 377 g/mol. The lowest BCUT2D eigenvalue weighted by molar-refractivity contribution is -0.121. The Hall–Kier alpha value is -1.52. The lowest BCUT2D eigenvalue weighted by Crippen LogP contribution is -2.48. The van der Waals surface area contributed by atoms with Crippen molar-refractivity contribution in [3.8, 4) is 0 Å². The van der Waals surface area contributed by atoms with Gasteiger partial charge < -0.3 is 15.1 Å². The molecule has 0 spiro atoms. The largest absolute Gasteiger partial charge is 0.464 e. The number of halogens is 1. The lowest BCUT2D eigenvalue weighted by Gasteiger charge is -2.29. The zero-order chi connectivity index (χ0) is 17.6. The summed E-state index contributed by atoms with van der Waals surface area (Å²) in [6, 6.07) is 5.80. The summed E-state index contributed by atoms with van der Waals surface area (Å²) in [5.74, 6) is 0.576. The van der Waals surface area contributed by atoms with Gasteiger partial charge in [-0.3, -0.25) is 4.79 Å². The first-order chi connectivity index (χ1) is 12.0. The van der Waals surface area contributed by atoms with Crippen LogP contribution in [0.3, 0.4) is 0 Å². The molecule has 2 saturated heterocycles. The topological polar surface area (TPSA) is 54.3 Å². The minimum atomic E-state index is 0. The molecule has 5 heteroatoms. The van der Waals surface area contributed by atoms with Gasteiger partial charge in [0.1, 0.15) is 5.58 Å². The molecule has 0 aliphatic carbocycles. The first kappa shape index (κ1) is 19.2. The SMILES string of the molecule is Cc1cc2occ(CC(=O)NC3CC4CCC(C3)N4)c2cc1C(C)C.Cl. The number of fused-ring (bicyclic) bond motifs is 3. The number of benzene rings is 1. The molecule has 4 nitrogen and oxygen atoms in total. The van der Waals surface area contributed by atoms with Crippen LogP contribution in [-0.4, -0.2) is 24.0 Å². The highest BCUT2D eigenvalue weighted by molar-refractivity contribution is 5.88. The van der Waals surface area contributed by atoms with E-state index in [0.717, 1.165) is 29.4 Å². The third-order valence-corrected chi connectivity index (χ3v) is 5.85. The molecule has 2 fully saturated rings. The van der Waals surface area contributed by atoms with Crippen LogP contribution >= 0.6 is 12.4 Å². The summed E-state index contributed by atoms with van der Waals surface area (Å²) in [6.45, 7) is 6.52. The summed E-state index contributed by atoms with van der Waals surface area (Å²) >= 11 is 0. The van der Waals surface area contributed by atoms with E-state index in [1.807, 2.05) is 0 Å². The van der Waals surface area contributed by atoms with Crippen molar-refractivity contribution >= 4 is 29.3 Å². The third kappa shape index (κ3) is 3.77. The molecule has 2 atom stereocenters. The van der Waals surface area contributed by atoms with Crippen LogP contribution in [0.15, 0.2) is 22.8 Å². The van der Waals surface area contributed by atoms with Gasteiger partial charge in [-0.15, -0.1) is 12.4 Å². The first-order valence-corrected chi connectivity index (χ1v) is 9.55. The van der Waals surface area contributed by atoms with Gasteiger partial charge in [0.25, 0.3) is 0 Å². The highest BCUT2D eigenvalue weighted by Gasteiger charge is 2.34. The van der Waals surface area contributed by atoms with Gasteiger partial charge in [-0.25, -0.2) is 0 Å². The molecule has 2 aromatic rings. The Morgan fingerprint density at radius 1 is 1.27 bits per heavy atom. The molecular formula is C21H29ClN2O2. The number of hydrogen-bond donors (Lipinski definition) is 2. The maximum atomic E-state index is 12.6. The van der Waals surface area contributed by atoms with Crippen LogP contribution in [0, 0.1) is 6.92 Å². The second-order valence-electron chi connectivity index (χ2n) is 8.17. The molecule has 1 amide bonds. The molecule has 142 valence electrons. The van der Waals surface area contributed by atoms with Crippen molar-refractivity contribution in [1.29, 1.82) is 0 Å². The van der Waals surface area contributed by atoms with Crippen molar-refractivity contribution in [2.45, 2.75) is 76.9 Å². The number of amides is 1. The van der Waals surface area contributed by atoms with Gasteiger partial charge in [0.05, 0.1) is 12.7 Å². The van der Waals surface area contributed by atoms with E-state index >= 15 is 0 Å². The molecule has 0 radical (unpaired) electrons. The average Bonchev–Trinajstić information content (AvgIpc) is 3.09. The Balaban J connectivity index is 0.00000196. The van der Waals surface area contributed by atoms with Crippen LogP contribution < -0.4 is 10.6 Å². The summed E-state index contributed by atoms with van der Waals surface area (Å²) < 4.78 is 5.71. The highest BCUT2D eigenvalue weighted by atomic mass is 35.5. The summed E-state index contributed by atoms with van der Waals surface area (Å²) in [5.41, 5.74) is 4.44. The number of furan rings is 1. The van der Waals surface area contributed by atoms with E-state index in [-0.39, 0.29) is 18.3 Å². The fourth-order valence-corrected chi connectivity index (χ4v) is 4.63. The van der Waals surface area contributed by atoms with Crippen molar-refractivity contribution < 1.29 is 9.21 Å². The van der Waals surface area contributed by atoms with Crippen LogP contribution in [0.1, 0.15) is 62.1 Å². The second kappa shape index (κ2) is 7.61. The predicted octanol–water partition coefficient (Wildman–Crippen LogP) is 4.23. The molecule has 2 bridgehead atoms. The summed E-state index contributed by atoms with van der Waals surface area (Å²) in [6.07, 6.45) is 6.77. The van der Waals surface area contributed by atoms with Gasteiger partial charge in [-0.2, -0.15) is 0 Å². The van der Waals surface area contributed by atoms with E-state index in [9.17, 15) is 4.79 Å². The zero-order valence-electron chi connectivity index (χ0n) is 15.8. The lowest BCUT2D eigenvalue weighted by atomic mass is 9.95. The highest BCUT2D eigenvalue weighted by Crippen LogP contribution is 2.30. The summed E-state index contributed by atoms with van der Waals surface area (Å²) in [4.78, 5) is 12.6. The molecule has 2 unspecified atom stereocenters. The summed E-state index contributed by atoms with van der Waals surface area (Å²) in [7, 11) is 0. The number of carbonyl (C=O) groups excluding carboxylic acids is 1. The molecule has 1 aromatic heterocycles. The van der Waals surface area contributed by atoms with Crippen LogP contribution in [-0.2, 0) is 11.2 Å². The van der Waals surface area contributed by atoms with Crippen molar-refractivity contribution in [1.82, 2.24) is 10.6 Å². The van der Waals surface area contributed by atoms with E-state index in [1.165, 1.54) is 24.0 Å². The molecule has 26 heavy (non-hydrogen) atoms. The second-order valence-corrected chi connectivity index (χ2v) is 8.17. The molecule has 2 aliphatic rings. The van der Waals surface area contributed by atoms with Crippen LogP contribution in [0.4, 0.5) is 0 Å². The number of piperidine rings is 1. The van der Waals surface area contributed by atoms with Gasteiger partial charge in [0.15, 0.2) is 0 Å². The zero-order valence-corrected chi connectivity index (χ0v) is 16.6. The monoisotopic (exact) mass is 376 g/mol. The van der Waals surface area contributed by atoms with E-state index in [4.69, 9.17) is 4.42 Å². The molecule has 2 N–H and O–H groups in total. The molecule has 4 rings (SSSR count). The molecule has 1 aromatic carbocycles. The van der Waals surface area contributed by atoms with Crippen molar-refractivity contribution in [2.75, 3.05) is 0 Å². The van der Waals surface area contributed by atoms with Crippen LogP contribution in [0.5, 0.6) is 0 Å². The van der Waals surface area contributed by atoms with Gasteiger partial charge in [0, 0.05) is 29.1 Å². The minimum Gasteiger partial charge on any atom is -0.464 e. The molecule has 0 saturated carbocycles. The number of carbonyl (C=O) groups is 1. The first-order valence-electron chi connectivity index (χ1n) is 9.55. The molecule has 2 aliphatic heterocycles. The van der Waals surface area contributed by atoms with Crippen LogP contribution in [0.25, 0.3) is 11.0 Å². The standard InChI is InChI=1S/C21H28N2O2.ClH/c1-12(2)18-10-19-14(11-25-20(19)6-13(18)3)7-21(24)23-17-8-15-4-5-16(9-17)22-15;/h6,10-12,15-17,22H,4-5,7-9H2,1-3H3,(H,23,24);1H. The molecular weight excluding hydrogens is 348 g/mol. The van der Waals surface area contributed by atoms with Crippen molar-refractivity contribution in [3.63, 3.8) is 0 Å². The number of rotatable bonds is 4. The van der Waals surface area contributed by atoms with Crippen molar-refractivity contribution in [2.24, 2.45) is 0 Å². The maximum Gasteiger partial charge on any atom is 0.224 e. The third-order valence-electron chi connectivity index (χ3n) is 5.85. The van der Waals surface area contributed by atoms with Crippen LogP contribution in [0.2, 0.25) is 0 Å². The Morgan fingerprint density at radius 2 is 1.96 bits per heavy atom. The van der Waals surface area contributed by atoms with E-state index in [0.29, 0.717) is 30.5 Å². The predicted molar refractivity (Wildman–Crippen MR) is 107 cm³/mol. The fourth-order valence-electron chi connectivity index (χ4n) is 4.63. The van der Waals surface area contributed by atoms with Gasteiger partial charge in [-0.1, -0.05) is 13.8 Å². The maximum absolute atomic E-state index is 12.6. The summed E-state index contributed by atoms with van der Waals surface area (Å²) in [5, 5.41) is 7.95. The number of hydrogen-bond acceptors (Lipinski definition) is 3. The normalized spacial score (nSPS) is 24.7. The van der Waals surface area contributed by atoms with Gasteiger partial charge >= 0.3 is 0 Å². The number of nitrogens with one attached hydrogen (secondary N) is 2. The smallest absolute Gasteiger partial charge is 0.224 e. The quantitative estimate of drug-likeness (QED) is 0.839. The Morgan fingerprint density at radius 3 is 2.62 bits per heavy atom. The molecule has 3 heterocycles. The Bertz CT molecular complexity index is 787. The van der Waals surface area contributed by atoms with Crippen molar-refractivity contribution in [3.05, 3.63) is 35.1 Å². The minimum absolute atomic E-state index is 0. The fraction of sp³-hybridized carbons (Fsp3) is 0.571. The van der Waals surface area contributed by atoms with E-state index in [2.05, 4.69) is 43.5 Å². The van der Waals surface area contributed by atoms with Gasteiger partial charge in [0.2, 0.25) is 5.91 Å².